The van der Waals surface area contributed by atoms with Crippen molar-refractivity contribution in [3.05, 3.63) is 59.2 Å². The first-order chi connectivity index (χ1) is 13.1. The van der Waals surface area contributed by atoms with E-state index in [1.54, 1.807) is 7.11 Å². The van der Waals surface area contributed by atoms with Crippen LogP contribution in [0.4, 0.5) is 10.5 Å². The standard InChI is InChI=1S/C22H29N3O2/c1-17-7-6-8-18(2)21(17)23-22(26)25-15-13-24(14-16-25)12-11-19-9-4-5-10-20(19)27-3/h4-10H,11-16H2,1-3H3,(H,23,26). The molecular formula is C22H29N3O2. The predicted molar refractivity (Wildman–Crippen MR) is 110 cm³/mol. The number of nitrogens with zero attached hydrogens (tertiary/aromatic N) is 2. The van der Waals surface area contributed by atoms with Crippen molar-refractivity contribution in [2.45, 2.75) is 20.3 Å². The molecule has 1 N–H and O–H groups in total. The fraction of sp³-hybridized carbons (Fsp3) is 0.409. The molecule has 1 aliphatic rings. The lowest BCUT2D eigenvalue weighted by molar-refractivity contribution is 0.148. The number of rotatable bonds is 5. The summed E-state index contributed by atoms with van der Waals surface area (Å²) in [6, 6.07) is 14.2. The summed E-state index contributed by atoms with van der Waals surface area (Å²) in [6.45, 7) is 8.33. The van der Waals surface area contributed by atoms with E-state index in [0.29, 0.717) is 0 Å². The lowest BCUT2D eigenvalue weighted by Gasteiger charge is -2.35. The number of carbonyl (C=O) groups is 1. The molecule has 5 heteroatoms. The van der Waals surface area contributed by atoms with Crippen molar-refractivity contribution in [2.75, 3.05) is 45.2 Å². The molecule has 0 saturated carbocycles. The van der Waals surface area contributed by atoms with E-state index >= 15 is 0 Å². The van der Waals surface area contributed by atoms with Gasteiger partial charge in [0.05, 0.1) is 7.11 Å². The van der Waals surface area contributed by atoms with Crippen molar-refractivity contribution in [2.24, 2.45) is 0 Å². The number of urea groups is 1. The van der Waals surface area contributed by atoms with Crippen LogP contribution in [0, 0.1) is 13.8 Å². The summed E-state index contributed by atoms with van der Waals surface area (Å²) in [4.78, 5) is 16.9. The maximum Gasteiger partial charge on any atom is 0.321 e. The highest BCUT2D eigenvalue weighted by Crippen LogP contribution is 2.21. The summed E-state index contributed by atoms with van der Waals surface area (Å²) < 4.78 is 5.43. The van der Waals surface area contributed by atoms with E-state index in [2.05, 4.69) is 16.3 Å². The SMILES string of the molecule is COc1ccccc1CCN1CCN(C(=O)Nc2c(C)cccc2C)CC1. The molecule has 0 radical (unpaired) electrons. The number of hydrogen-bond donors (Lipinski definition) is 1. The molecule has 0 spiro atoms. The van der Waals surface area contributed by atoms with Gasteiger partial charge in [0.25, 0.3) is 0 Å². The topological polar surface area (TPSA) is 44.8 Å². The molecule has 2 amide bonds. The van der Waals surface area contributed by atoms with Gasteiger partial charge in [-0.1, -0.05) is 36.4 Å². The Kier molecular flexibility index (Phi) is 6.35. The van der Waals surface area contributed by atoms with Gasteiger partial charge in [0.1, 0.15) is 5.75 Å². The molecule has 0 aromatic heterocycles. The Morgan fingerprint density at radius 1 is 1.00 bits per heavy atom. The highest BCUT2D eigenvalue weighted by atomic mass is 16.5. The van der Waals surface area contributed by atoms with Crippen LogP contribution in [0.5, 0.6) is 5.75 Å². The normalized spacial score (nSPS) is 14.9. The smallest absolute Gasteiger partial charge is 0.321 e. The fourth-order valence-corrected chi connectivity index (χ4v) is 3.56. The number of hydrogen-bond acceptors (Lipinski definition) is 3. The van der Waals surface area contributed by atoms with Crippen LogP contribution in [0.15, 0.2) is 42.5 Å². The molecule has 1 saturated heterocycles. The van der Waals surface area contributed by atoms with Gasteiger partial charge in [-0.05, 0) is 43.0 Å². The van der Waals surface area contributed by atoms with Crippen molar-refractivity contribution in [1.82, 2.24) is 9.80 Å². The first kappa shape index (κ1) is 19.2. The molecule has 1 heterocycles. The third kappa shape index (κ3) is 4.80. The number of amides is 2. The monoisotopic (exact) mass is 367 g/mol. The Morgan fingerprint density at radius 3 is 2.33 bits per heavy atom. The van der Waals surface area contributed by atoms with E-state index in [4.69, 9.17) is 4.74 Å². The quantitative estimate of drug-likeness (QED) is 0.876. The van der Waals surface area contributed by atoms with Crippen molar-refractivity contribution in [3.8, 4) is 5.75 Å². The number of nitrogens with one attached hydrogen (secondary N) is 1. The van der Waals surface area contributed by atoms with E-state index in [1.807, 2.05) is 55.1 Å². The summed E-state index contributed by atoms with van der Waals surface area (Å²) in [5.41, 5.74) is 4.36. The number of benzene rings is 2. The minimum atomic E-state index is -0.00298. The lowest BCUT2D eigenvalue weighted by atomic mass is 10.1. The number of aryl methyl sites for hydroxylation is 2. The van der Waals surface area contributed by atoms with Crippen LogP contribution in [0.2, 0.25) is 0 Å². The van der Waals surface area contributed by atoms with Gasteiger partial charge in [-0.3, -0.25) is 4.90 Å². The predicted octanol–water partition coefficient (Wildman–Crippen LogP) is 3.70. The number of methoxy groups -OCH3 is 1. The van der Waals surface area contributed by atoms with Crippen LogP contribution < -0.4 is 10.1 Å². The number of carbonyl (C=O) groups excluding carboxylic acids is 1. The number of ether oxygens (including phenoxy) is 1. The third-order valence-corrected chi connectivity index (χ3v) is 5.26. The second kappa shape index (κ2) is 8.91. The van der Waals surface area contributed by atoms with Crippen LogP contribution in [0.25, 0.3) is 0 Å². The van der Waals surface area contributed by atoms with E-state index < -0.39 is 0 Å². The Balaban J connectivity index is 1.49. The summed E-state index contributed by atoms with van der Waals surface area (Å²) >= 11 is 0. The molecule has 0 atom stereocenters. The molecule has 0 unspecified atom stereocenters. The largest absolute Gasteiger partial charge is 0.496 e. The maximum atomic E-state index is 12.6. The van der Waals surface area contributed by atoms with E-state index in [9.17, 15) is 4.79 Å². The highest BCUT2D eigenvalue weighted by Gasteiger charge is 2.21. The van der Waals surface area contributed by atoms with Gasteiger partial charge >= 0.3 is 6.03 Å². The molecule has 5 nitrogen and oxygen atoms in total. The van der Waals surface area contributed by atoms with Gasteiger partial charge in [-0.2, -0.15) is 0 Å². The zero-order chi connectivity index (χ0) is 19.2. The summed E-state index contributed by atoms with van der Waals surface area (Å²) in [6.07, 6.45) is 0.957. The fourth-order valence-electron chi connectivity index (χ4n) is 3.56. The van der Waals surface area contributed by atoms with Gasteiger partial charge in [0, 0.05) is 38.4 Å². The highest BCUT2D eigenvalue weighted by molar-refractivity contribution is 5.91. The molecule has 27 heavy (non-hydrogen) atoms. The summed E-state index contributed by atoms with van der Waals surface area (Å²) in [5, 5.41) is 3.09. The van der Waals surface area contributed by atoms with Crippen molar-refractivity contribution >= 4 is 11.7 Å². The molecule has 2 aromatic rings. The number of piperazine rings is 1. The molecule has 144 valence electrons. The maximum absolute atomic E-state index is 12.6. The van der Waals surface area contributed by atoms with Crippen molar-refractivity contribution < 1.29 is 9.53 Å². The van der Waals surface area contributed by atoms with Crippen LogP contribution in [0.1, 0.15) is 16.7 Å². The van der Waals surface area contributed by atoms with Gasteiger partial charge in [-0.25, -0.2) is 4.79 Å². The second-order valence-corrected chi connectivity index (χ2v) is 7.09. The second-order valence-electron chi connectivity index (χ2n) is 7.09. The molecule has 3 rings (SSSR count). The average molecular weight is 367 g/mol. The van der Waals surface area contributed by atoms with Gasteiger partial charge in [0.15, 0.2) is 0 Å². The van der Waals surface area contributed by atoms with Crippen molar-refractivity contribution in [1.29, 1.82) is 0 Å². The Hall–Kier alpha value is -2.53. The summed E-state index contributed by atoms with van der Waals surface area (Å²) in [5.74, 6) is 0.948. The third-order valence-electron chi connectivity index (χ3n) is 5.26. The Morgan fingerprint density at radius 2 is 1.67 bits per heavy atom. The van der Waals surface area contributed by atoms with Crippen LogP contribution in [0.3, 0.4) is 0 Å². The first-order valence-electron chi connectivity index (χ1n) is 9.55. The number of anilines is 1. The van der Waals surface area contributed by atoms with Crippen LogP contribution in [-0.4, -0.2) is 55.7 Å². The lowest BCUT2D eigenvalue weighted by Crippen LogP contribution is -2.50. The molecule has 0 bridgehead atoms. The molecule has 0 aliphatic carbocycles. The van der Waals surface area contributed by atoms with Crippen LogP contribution in [-0.2, 0) is 6.42 Å². The first-order valence-corrected chi connectivity index (χ1v) is 9.55. The average Bonchev–Trinajstić information content (AvgIpc) is 2.69. The molecule has 1 fully saturated rings. The van der Waals surface area contributed by atoms with Crippen LogP contribution >= 0.6 is 0 Å². The molecule has 1 aliphatic heterocycles. The van der Waals surface area contributed by atoms with Gasteiger partial charge in [-0.15, -0.1) is 0 Å². The van der Waals surface area contributed by atoms with E-state index in [0.717, 1.165) is 61.7 Å². The zero-order valence-corrected chi connectivity index (χ0v) is 16.5. The van der Waals surface area contributed by atoms with E-state index in [1.165, 1.54) is 5.56 Å². The molecular weight excluding hydrogens is 338 g/mol. The minimum absolute atomic E-state index is 0.00298. The Labute approximate surface area is 161 Å². The van der Waals surface area contributed by atoms with E-state index in [-0.39, 0.29) is 6.03 Å². The minimum Gasteiger partial charge on any atom is -0.496 e. The Bertz CT molecular complexity index is 763. The zero-order valence-electron chi connectivity index (χ0n) is 16.5. The van der Waals surface area contributed by atoms with Gasteiger partial charge in [0.2, 0.25) is 0 Å². The van der Waals surface area contributed by atoms with Crippen molar-refractivity contribution in [3.63, 3.8) is 0 Å². The molecule has 2 aromatic carbocycles. The van der Waals surface area contributed by atoms with Gasteiger partial charge < -0.3 is 15.0 Å². The summed E-state index contributed by atoms with van der Waals surface area (Å²) in [7, 11) is 1.71. The number of para-hydroxylation sites is 2.